The van der Waals surface area contributed by atoms with E-state index < -0.39 is 5.41 Å². The number of carbonyl (C=O) groups excluding carboxylic acids is 2. The largest absolute Gasteiger partial charge is 0.469 e. The summed E-state index contributed by atoms with van der Waals surface area (Å²) >= 11 is 0. The SMILES string of the molecule is COC(=O)C1(CNC(=O)NC(CO)C2CCCOC2)CCCC1. The van der Waals surface area contributed by atoms with Gasteiger partial charge in [0, 0.05) is 19.1 Å². The van der Waals surface area contributed by atoms with Crippen molar-refractivity contribution in [1.82, 2.24) is 10.6 Å². The van der Waals surface area contributed by atoms with E-state index in [9.17, 15) is 14.7 Å². The lowest BCUT2D eigenvalue weighted by Gasteiger charge is -2.30. The summed E-state index contributed by atoms with van der Waals surface area (Å²) < 4.78 is 10.3. The Labute approximate surface area is 137 Å². The summed E-state index contributed by atoms with van der Waals surface area (Å²) in [6.45, 7) is 1.44. The molecule has 0 radical (unpaired) electrons. The molecule has 0 spiro atoms. The summed E-state index contributed by atoms with van der Waals surface area (Å²) in [5.74, 6) is -0.129. The third-order valence-corrected chi connectivity index (χ3v) is 5.04. The highest BCUT2D eigenvalue weighted by Crippen LogP contribution is 2.38. The summed E-state index contributed by atoms with van der Waals surface area (Å²) in [4.78, 5) is 24.2. The lowest BCUT2D eigenvalue weighted by molar-refractivity contribution is -0.152. The number of methoxy groups -OCH3 is 1. The zero-order valence-electron chi connectivity index (χ0n) is 13.8. The number of esters is 1. The highest BCUT2D eigenvalue weighted by molar-refractivity contribution is 5.79. The zero-order valence-corrected chi connectivity index (χ0v) is 13.8. The summed E-state index contributed by atoms with van der Waals surface area (Å²) in [6, 6.07) is -0.683. The molecule has 1 heterocycles. The van der Waals surface area contributed by atoms with E-state index in [-0.39, 0.29) is 37.1 Å². The Balaban J connectivity index is 1.84. The summed E-state index contributed by atoms with van der Waals surface area (Å²) in [5, 5.41) is 15.1. The fourth-order valence-electron chi connectivity index (χ4n) is 3.59. The van der Waals surface area contributed by atoms with Crippen LogP contribution in [0.1, 0.15) is 38.5 Å². The molecule has 2 amide bonds. The van der Waals surface area contributed by atoms with Crippen LogP contribution in [0.25, 0.3) is 0 Å². The van der Waals surface area contributed by atoms with Gasteiger partial charge in [0.25, 0.3) is 0 Å². The van der Waals surface area contributed by atoms with Crippen LogP contribution in [0, 0.1) is 11.3 Å². The van der Waals surface area contributed by atoms with Gasteiger partial charge in [-0.3, -0.25) is 4.79 Å². The second kappa shape index (κ2) is 8.49. The van der Waals surface area contributed by atoms with Crippen molar-refractivity contribution in [2.24, 2.45) is 11.3 Å². The van der Waals surface area contributed by atoms with Crippen LogP contribution in [0.4, 0.5) is 4.79 Å². The molecule has 1 aliphatic heterocycles. The quantitative estimate of drug-likeness (QED) is 0.627. The average molecular weight is 328 g/mol. The van der Waals surface area contributed by atoms with Crippen molar-refractivity contribution in [3.8, 4) is 0 Å². The molecule has 2 aliphatic rings. The standard InChI is InChI=1S/C16H28N2O5/c1-22-14(20)16(6-2-3-7-16)11-17-15(21)18-13(9-19)12-5-4-8-23-10-12/h12-13,19H,2-11H2,1H3,(H2,17,18,21). The Morgan fingerprint density at radius 2 is 2.09 bits per heavy atom. The predicted octanol–water partition coefficient (Wildman–Crippen LogP) is 0.806. The Morgan fingerprint density at radius 3 is 2.65 bits per heavy atom. The molecule has 0 aromatic rings. The van der Waals surface area contributed by atoms with Gasteiger partial charge in [-0.15, -0.1) is 0 Å². The maximum Gasteiger partial charge on any atom is 0.315 e. The van der Waals surface area contributed by atoms with Crippen molar-refractivity contribution in [2.75, 3.05) is 33.5 Å². The molecule has 0 aromatic heterocycles. The number of rotatable bonds is 6. The second-order valence-electron chi connectivity index (χ2n) is 6.57. The van der Waals surface area contributed by atoms with Gasteiger partial charge in [0.1, 0.15) is 0 Å². The number of amides is 2. The molecule has 1 aliphatic carbocycles. The van der Waals surface area contributed by atoms with Gasteiger partial charge in [-0.1, -0.05) is 12.8 Å². The van der Waals surface area contributed by atoms with Crippen LogP contribution in [-0.4, -0.2) is 56.6 Å². The van der Waals surface area contributed by atoms with Gasteiger partial charge in [0.15, 0.2) is 0 Å². The zero-order chi connectivity index (χ0) is 16.7. The number of urea groups is 1. The summed E-state index contributed by atoms with van der Waals surface area (Å²) in [6.07, 6.45) is 5.28. The van der Waals surface area contributed by atoms with Gasteiger partial charge < -0.3 is 25.2 Å². The van der Waals surface area contributed by atoms with E-state index >= 15 is 0 Å². The molecule has 1 saturated heterocycles. The maximum absolute atomic E-state index is 12.1. The number of hydrogen-bond donors (Lipinski definition) is 3. The van der Waals surface area contributed by atoms with E-state index in [0.29, 0.717) is 6.61 Å². The van der Waals surface area contributed by atoms with E-state index in [1.54, 1.807) is 0 Å². The number of nitrogens with one attached hydrogen (secondary N) is 2. The first-order valence-electron chi connectivity index (χ1n) is 8.43. The number of hydrogen-bond acceptors (Lipinski definition) is 5. The van der Waals surface area contributed by atoms with Gasteiger partial charge in [0.05, 0.1) is 31.8 Å². The number of ether oxygens (including phenoxy) is 2. The first-order chi connectivity index (χ1) is 11.1. The van der Waals surface area contributed by atoms with Gasteiger partial charge in [0.2, 0.25) is 0 Å². The minimum Gasteiger partial charge on any atom is -0.469 e. The molecule has 7 nitrogen and oxygen atoms in total. The van der Waals surface area contributed by atoms with Crippen molar-refractivity contribution < 1.29 is 24.2 Å². The molecule has 2 rings (SSSR count). The van der Waals surface area contributed by atoms with Gasteiger partial charge in [-0.2, -0.15) is 0 Å². The number of aliphatic hydroxyl groups is 1. The maximum atomic E-state index is 12.1. The van der Waals surface area contributed by atoms with Crippen LogP contribution in [-0.2, 0) is 14.3 Å². The highest BCUT2D eigenvalue weighted by atomic mass is 16.5. The van der Waals surface area contributed by atoms with Crippen molar-refractivity contribution >= 4 is 12.0 Å². The van der Waals surface area contributed by atoms with Crippen LogP contribution in [0.3, 0.4) is 0 Å². The van der Waals surface area contributed by atoms with Gasteiger partial charge >= 0.3 is 12.0 Å². The van der Waals surface area contributed by atoms with Gasteiger partial charge in [-0.25, -0.2) is 4.79 Å². The smallest absolute Gasteiger partial charge is 0.315 e. The molecule has 132 valence electrons. The highest BCUT2D eigenvalue weighted by Gasteiger charge is 2.42. The monoisotopic (exact) mass is 328 g/mol. The fourth-order valence-corrected chi connectivity index (χ4v) is 3.59. The third-order valence-electron chi connectivity index (χ3n) is 5.04. The Bertz CT molecular complexity index is 403. The minimum absolute atomic E-state index is 0.121. The van der Waals surface area contributed by atoms with Crippen molar-refractivity contribution in [2.45, 2.75) is 44.6 Å². The van der Waals surface area contributed by atoms with E-state index in [1.807, 2.05) is 0 Å². The molecule has 3 N–H and O–H groups in total. The van der Waals surface area contributed by atoms with Crippen LogP contribution in [0.15, 0.2) is 0 Å². The summed E-state index contributed by atoms with van der Waals surface area (Å²) in [5.41, 5.74) is -0.602. The van der Waals surface area contributed by atoms with Crippen LogP contribution in [0.2, 0.25) is 0 Å². The van der Waals surface area contributed by atoms with E-state index in [4.69, 9.17) is 9.47 Å². The van der Waals surface area contributed by atoms with E-state index in [2.05, 4.69) is 10.6 Å². The molecule has 1 saturated carbocycles. The summed E-state index contributed by atoms with van der Waals surface area (Å²) in [7, 11) is 1.38. The molecule has 0 bridgehead atoms. The molecular formula is C16H28N2O5. The van der Waals surface area contributed by atoms with E-state index in [1.165, 1.54) is 7.11 Å². The fraction of sp³-hybridized carbons (Fsp3) is 0.875. The third kappa shape index (κ3) is 4.57. The topological polar surface area (TPSA) is 96.9 Å². The molecule has 2 atom stereocenters. The van der Waals surface area contributed by atoms with Crippen LogP contribution >= 0.6 is 0 Å². The number of aliphatic hydroxyl groups excluding tert-OH is 1. The normalized spacial score (nSPS) is 24.7. The first kappa shape index (κ1) is 18.0. The molecule has 2 fully saturated rings. The van der Waals surface area contributed by atoms with Gasteiger partial charge in [-0.05, 0) is 25.7 Å². The van der Waals surface area contributed by atoms with E-state index in [0.717, 1.165) is 45.1 Å². The second-order valence-corrected chi connectivity index (χ2v) is 6.57. The molecule has 7 heteroatoms. The first-order valence-corrected chi connectivity index (χ1v) is 8.43. The molecular weight excluding hydrogens is 300 g/mol. The van der Waals surface area contributed by atoms with Crippen LogP contribution in [0.5, 0.6) is 0 Å². The molecule has 2 unspecified atom stereocenters. The number of carbonyl (C=O) groups is 2. The van der Waals surface area contributed by atoms with Crippen molar-refractivity contribution in [3.63, 3.8) is 0 Å². The Morgan fingerprint density at radius 1 is 1.35 bits per heavy atom. The Kier molecular flexibility index (Phi) is 6.65. The molecule has 23 heavy (non-hydrogen) atoms. The predicted molar refractivity (Wildman–Crippen MR) is 83.9 cm³/mol. The van der Waals surface area contributed by atoms with Crippen molar-refractivity contribution in [1.29, 1.82) is 0 Å². The lowest BCUT2D eigenvalue weighted by atomic mass is 9.86. The molecule has 0 aromatic carbocycles. The lowest BCUT2D eigenvalue weighted by Crippen LogP contribution is -2.52. The minimum atomic E-state index is -0.602. The van der Waals surface area contributed by atoms with Crippen LogP contribution < -0.4 is 10.6 Å². The van der Waals surface area contributed by atoms with Crippen molar-refractivity contribution in [3.05, 3.63) is 0 Å². The Hall–Kier alpha value is -1.34. The average Bonchev–Trinajstić information content (AvgIpc) is 3.08.